The molecule has 2 heterocycles. The van der Waals surface area contributed by atoms with Crippen LogP contribution in [0.1, 0.15) is 26.7 Å². The van der Waals surface area contributed by atoms with E-state index in [1.54, 1.807) is 20.2 Å². The summed E-state index contributed by atoms with van der Waals surface area (Å²) in [6.45, 7) is 9.61. The van der Waals surface area contributed by atoms with Crippen LogP contribution in [-0.2, 0) is 52.4 Å². The van der Waals surface area contributed by atoms with E-state index in [1.165, 1.54) is 35.5 Å². The minimum absolute atomic E-state index is 0. The summed E-state index contributed by atoms with van der Waals surface area (Å²) in [6.07, 6.45) is 16.3. The predicted molar refractivity (Wildman–Crippen MR) is 136 cm³/mol. The monoisotopic (exact) mass is 634 g/mol. The van der Waals surface area contributed by atoms with Crippen molar-refractivity contribution in [2.45, 2.75) is 39.8 Å². The van der Waals surface area contributed by atoms with Crippen LogP contribution in [0.5, 0.6) is 0 Å². The van der Waals surface area contributed by atoms with E-state index in [-0.39, 0.29) is 98.2 Å². The second kappa shape index (κ2) is 12.6. The molecular formula is C22H28Cl2S2SiZr2-2. The Hall–Kier alpha value is 1.44. The molecular weight excluding hydrogens is 610 g/mol. The van der Waals surface area contributed by atoms with Crippen LogP contribution in [0.25, 0.3) is 0 Å². The topological polar surface area (TPSA) is 0 Å². The Morgan fingerprint density at radius 1 is 0.759 bits per heavy atom. The summed E-state index contributed by atoms with van der Waals surface area (Å²) >= 11 is 0. The molecule has 2 unspecified atom stereocenters. The second-order valence-corrected chi connectivity index (χ2v) is 15.3. The largest absolute Gasteiger partial charge is 0.266 e. The van der Waals surface area contributed by atoms with Crippen molar-refractivity contribution in [1.29, 1.82) is 0 Å². The van der Waals surface area contributed by atoms with Crippen molar-refractivity contribution in [3.63, 3.8) is 0 Å². The normalized spacial score (nSPS) is 23.0. The molecule has 156 valence electrons. The summed E-state index contributed by atoms with van der Waals surface area (Å²) in [5.74, 6) is 2.49. The van der Waals surface area contributed by atoms with Crippen LogP contribution >= 0.6 is 45.8 Å². The van der Waals surface area contributed by atoms with Gasteiger partial charge in [0.2, 0.25) is 0 Å². The molecule has 29 heavy (non-hydrogen) atoms. The first-order valence-corrected chi connectivity index (χ1v) is 15.1. The SMILES string of the molecule is CCCS1=[C-]C([Si](C)(C)C2=C3C=CC=C3S(CCC)=[C-]2)=C2C=CC=C21.Cl.Cl.[Zr].[Zr]. The Bertz CT molecular complexity index is 832. The fraction of sp³-hybridized carbons (Fsp3) is 0.364. The Morgan fingerprint density at radius 2 is 1.14 bits per heavy atom. The van der Waals surface area contributed by atoms with Crippen LogP contribution in [0.2, 0.25) is 13.1 Å². The van der Waals surface area contributed by atoms with Crippen LogP contribution in [0.3, 0.4) is 0 Å². The predicted octanol–water partition coefficient (Wildman–Crippen LogP) is 6.86. The third-order valence-corrected chi connectivity index (χ3v) is 13.1. The molecule has 0 aromatic rings. The summed E-state index contributed by atoms with van der Waals surface area (Å²) in [5.41, 5.74) is 3.00. The molecule has 0 spiro atoms. The van der Waals surface area contributed by atoms with Crippen LogP contribution in [0.15, 0.2) is 67.8 Å². The first-order valence-electron chi connectivity index (χ1n) is 9.30. The number of halogens is 2. The van der Waals surface area contributed by atoms with E-state index >= 15 is 0 Å². The first kappa shape index (κ1) is 30.4. The second-order valence-electron chi connectivity index (χ2n) is 7.38. The fourth-order valence-electron chi connectivity index (χ4n) is 3.90. The molecule has 2 atom stereocenters. The van der Waals surface area contributed by atoms with Crippen LogP contribution in [0, 0.1) is 0 Å². The quantitative estimate of drug-likeness (QED) is 0.170. The average Bonchev–Trinajstić information content (AvgIpc) is 3.30. The Balaban J connectivity index is 0.00000196. The summed E-state index contributed by atoms with van der Waals surface area (Å²) in [4.78, 5) is 3.10. The van der Waals surface area contributed by atoms with Gasteiger partial charge in [-0.3, -0.25) is 21.0 Å². The van der Waals surface area contributed by atoms with Crippen molar-refractivity contribution in [1.82, 2.24) is 0 Å². The van der Waals surface area contributed by atoms with Gasteiger partial charge in [0.05, 0.1) is 0 Å². The molecule has 2 aliphatic carbocycles. The van der Waals surface area contributed by atoms with Crippen molar-refractivity contribution >= 4 is 64.6 Å². The van der Waals surface area contributed by atoms with Crippen molar-refractivity contribution in [2.75, 3.05) is 11.5 Å². The van der Waals surface area contributed by atoms with Gasteiger partial charge in [0.25, 0.3) is 0 Å². The summed E-state index contributed by atoms with van der Waals surface area (Å²) in [5, 5.41) is 11.0. The van der Waals surface area contributed by atoms with E-state index in [1.807, 2.05) is 0 Å². The first-order chi connectivity index (χ1) is 12.1. The summed E-state index contributed by atoms with van der Waals surface area (Å²) < 4.78 is 0. The van der Waals surface area contributed by atoms with E-state index < -0.39 is 8.07 Å². The molecule has 0 saturated heterocycles. The van der Waals surface area contributed by atoms with Gasteiger partial charge in [-0.15, -0.1) is 37.0 Å². The van der Waals surface area contributed by atoms with E-state index in [9.17, 15) is 0 Å². The van der Waals surface area contributed by atoms with Gasteiger partial charge in [0, 0.05) is 60.5 Å². The van der Waals surface area contributed by atoms with E-state index in [0.717, 1.165) is 0 Å². The standard InChI is InChI=1S/C22H26S2Si.2ClH.2Zr/c1-5-13-23-15-21(17-9-7-11-19(17)23)25(3,4)22-16-24(14-6-2)20-12-8-10-18(20)22;;;;/h7-12H,5-6,13-14H2,1-4H3;2*1H;;/q-2;;;;. The Morgan fingerprint density at radius 3 is 1.48 bits per heavy atom. The zero-order valence-corrected chi connectivity index (χ0v) is 26.6. The molecule has 0 nitrogen and oxygen atoms in total. The number of fused-ring (bicyclic) bond motifs is 2. The third-order valence-electron chi connectivity index (χ3n) is 5.14. The maximum atomic E-state index is 3.97. The van der Waals surface area contributed by atoms with Gasteiger partial charge in [-0.25, -0.2) is 21.1 Å². The zero-order chi connectivity index (χ0) is 17.6. The van der Waals surface area contributed by atoms with Crippen molar-refractivity contribution in [3.05, 3.63) is 67.8 Å². The Kier molecular flexibility index (Phi) is 13.2. The minimum Gasteiger partial charge on any atom is -0.266 e. The van der Waals surface area contributed by atoms with Gasteiger partial charge < -0.3 is 0 Å². The molecule has 4 rings (SSSR count). The smallest absolute Gasteiger partial charge is 0.0402 e. The van der Waals surface area contributed by atoms with Crippen molar-refractivity contribution in [3.8, 4) is 0 Å². The van der Waals surface area contributed by atoms with Gasteiger partial charge >= 0.3 is 0 Å². The van der Waals surface area contributed by atoms with Crippen LogP contribution in [-0.4, -0.2) is 30.3 Å². The van der Waals surface area contributed by atoms with E-state index in [0.29, 0.717) is 0 Å². The van der Waals surface area contributed by atoms with Gasteiger partial charge in [-0.1, -0.05) is 61.1 Å². The number of hydrogen-bond acceptors (Lipinski definition) is 0. The average molecular weight is 638 g/mol. The van der Waals surface area contributed by atoms with Gasteiger partial charge in [-0.05, 0) is 24.3 Å². The molecule has 7 heteroatoms. The zero-order valence-electron chi connectivity index (χ0n) is 17.4. The maximum absolute atomic E-state index is 3.97. The molecule has 0 aromatic carbocycles. The summed E-state index contributed by atoms with van der Waals surface area (Å²) in [6, 6.07) is 0. The number of hydrogen-bond donors (Lipinski definition) is 0. The van der Waals surface area contributed by atoms with E-state index in [4.69, 9.17) is 0 Å². The van der Waals surface area contributed by atoms with Gasteiger partial charge in [0.1, 0.15) is 0 Å². The molecule has 0 aromatic heterocycles. The maximum Gasteiger partial charge on any atom is 0.0402 e. The molecule has 0 fully saturated rings. The minimum atomic E-state index is -1.78. The van der Waals surface area contributed by atoms with Crippen LogP contribution < -0.4 is 0 Å². The molecule has 0 N–H and O–H groups in total. The Labute approximate surface area is 233 Å². The molecule has 0 radical (unpaired) electrons. The molecule has 0 saturated carbocycles. The third kappa shape index (κ3) is 5.51. The van der Waals surface area contributed by atoms with Gasteiger partial charge in [-0.2, -0.15) is 11.1 Å². The van der Waals surface area contributed by atoms with E-state index in [2.05, 4.69) is 74.1 Å². The molecule has 4 aliphatic rings. The molecule has 2 aliphatic heterocycles. The number of allylic oxidation sites excluding steroid dienone is 10. The van der Waals surface area contributed by atoms with Crippen molar-refractivity contribution < 1.29 is 52.4 Å². The number of rotatable bonds is 6. The summed E-state index contributed by atoms with van der Waals surface area (Å²) in [7, 11) is -1.38. The van der Waals surface area contributed by atoms with Crippen molar-refractivity contribution in [2.24, 2.45) is 0 Å². The molecule has 0 amide bonds. The molecule has 0 bridgehead atoms. The van der Waals surface area contributed by atoms with Crippen LogP contribution in [0.4, 0.5) is 0 Å². The fourth-order valence-corrected chi connectivity index (χ4v) is 12.6. The van der Waals surface area contributed by atoms with Gasteiger partial charge in [0.15, 0.2) is 0 Å².